The van der Waals surface area contributed by atoms with Crippen LogP contribution in [0.5, 0.6) is 5.88 Å². The van der Waals surface area contributed by atoms with Gasteiger partial charge in [-0.05, 0) is 44.1 Å². The van der Waals surface area contributed by atoms with Gasteiger partial charge in [0.1, 0.15) is 0 Å². The zero-order chi connectivity index (χ0) is 16.4. The Hall–Kier alpha value is -1.62. The predicted octanol–water partition coefficient (Wildman–Crippen LogP) is 2.66. The lowest BCUT2D eigenvalue weighted by atomic mass is 9.73. The molecule has 3 heterocycles. The largest absolute Gasteiger partial charge is 0.477 e. The number of piperidine rings is 1. The maximum absolute atomic E-state index is 12.6. The fourth-order valence-corrected chi connectivity index (χ4v) is 4.06. The number of fused-ring (bicyclic) bond motifs is 1. The molecule has 0 spiro atoms. The number of rotatable bonds is 5. The highest BCUT2D eigenvalue weighted by Crippen LogP contribution is 2.41. The Morgan fingerprint density at radius 3 is 3.08 bits per heavy atom. The Labute approximate surface area is 143 Å². The molecule has 4 rings (SSSR count). The Morgan fingerprint density at radius 1 is 1.38 bits per heavy atom. The van der Waals surface area contributed by atoms with Crippen LogP contribution in [0.1, 0.15) is 38.5 Å². The van der Waals surface area contributed by atoms with Crippen LogP contribution in [0.2, 0.25) is 0 Å². The third kappa shape index (κ3) is 3.41. The van der Waals surface area contributed by atoms with Crippen molar-refractivity contribution < 1.29 is 14.3 Å². The molecule has 2 aliphatic heterocycles. The smallest absolute Gasteiger partial charge is 0.222 e. The van der Waals surface area contributed by atoms with Crippen molar-refractivity contribution in [1.29, 1.82) is 0 Å². The SMILES string of the molecule is O=C(CC1CC1)N1CCC2OCCCC2(COc2ccccn2)C1. The van der Waals surface area contributed by atoms with Gasteiger partial charge in [-0.3, -0.25) is 4.79 Å². The highest BCUT2D eigenvalue weighted by Gasteiger charge is 2.48. The first-order valence-corrected chi connectivity index (χ1v) is 9.18. The topological polar surface area (TPSA) is 51.7 Å². The molecule has 5 nitrogen and oxygen atoms in total. The maximum Gasteiger partial charge on any atom is 0.222 e. The van der Waals surface area contributed by atoms with Gasteiger partial charge >= 0.3 is 0 Å². The van der Waals surface area contributed by atoms with Gasteiger partial charge in [-0.1, -0.05) is 6.07 Å². The van der Waals surface area contributed by atoms with E-state index >= 15 is 0 Å². The van der Waals surface area contributed by atoms with Gasteiger partial charge in [-0.15, -0.1) is 0 Å². The van der Waals surface area contributed by atoms with Crippen molar-refractivity contribution >= 4 is 5.91 Å². The van der Waals surface area contributed by atoms with Crippen molar-refractivity contribution in [3.8, 4) is 5.88 Å². The third-order valence-electron chi connectivity index (χ3n) is 5.65. The Morgan fingerprint density at radius 2 is 2.29 bits per heavy atom. The summed E-state index contributed by atoms with van der Waals surface area (Å²) in [7, 11) is 0. The molecule has 1 saturated carbocycles. The minimum Gasteiger partial charge on any atom is -0.477 e. The standard InChI is InChI=1S/C19H26N2O3/c22-18(12-15-5-6-15)21-10-7-16-19(13-21,8-3-11-23-16)14-24-17-4-1-2-9-20-17/h1-2,4,9,15-16H,3,5-8,10-14H2. The first-order valence-electron chi connectivity index (χ1n) is 9.18. The summed E-state index contributed by atoms with van der Waals surface area (Å²) in [5, 5.41) is 0. The Kier molecular flexibility index (Phi) is 4.44. The predicted molar refractivity (Wildman–Crippen MR) is 89.7 cm³/mol. The van der Waals surface area contributed by atoms with Crippen molar-refractivity contribution in [3.63, 3.8) is 0 Å². The lowest BCUT2D eigenvalue weighted by Gasteiger charge is -2.50. The van der Waals surface area contributed by atoms with Gasteiger partial charge in [0.25, 0.3) is 0 Å². The summed E-state index contributed by atoms with van der Waals surface area (Å²) in [6.45, 7) is 2.98. The highest BCUT2D eigenvalue weighted by molar-refractivity contribution is 5.77. The normalized spacial score (nSPS) is 29.8. The van der Waals surface area contributed by atoms with E-state index < -0.39 is 0 Å². The second kappa shape index (κ2) is 6.71. The number of hydrogen-bond acceptors (Lipinski definition) is 4. The number of carbonyl (C=O) groups is 1. The lowest BCUT2D eigenvalue weighted by molar-refractivity contribution is -0.158. The molecule has 1 aromatic rings. The molecule has 0 radical (unpaired) electrons. The van der Waals surface area contributed by atoms with E-state index in [2.05, 4.69) is 9.88 Å². The van der Waals surface area contributed by atoms with Gasteiger partial charge in [-0.2, -0.15) is 0 Å². The fraction of sp³-hybridized carbons (Fsp3) is 0.684. The Bertz CT molecular complexity index is 575. The third-order valence-corrected chi connectivity index (χ3v) is 5.65. The van der Waals surface area contributed by atoms with Gasteiger partial charge in [0.15, 0.2) is 0 Å². The van der Waals surface area contributed by atoms with Crippen molar-refractivity contribution in [3.05, 3.63) is 24.4 Å². The zero-order valence-corrected chi connectivity index (χ0v) is 14.2. The molecule has 1 aliphatic carbocycles. The monoisotopic (exact) mass is 330 g/mol. The van der Waals surface area contributed by atoms with E-state index in [1.54, 1.807) is 6.20 Å². The van der Waals surface area contributed by atoms with Crippen molar-refractivity contribution in [2.75, 3.05) is 26.3 Å². The van der Waals surface area contributed by atoms with E-state index in [1.165, 1.54) is 12.8 Å². The van der Waals surface area contributed by atoms with Gasteiger partial charge in [0.05, 0.1) is 12.7 Å². The molecule has 2 saturated heterocycles. The number of pyridine rings is 1. The van der Waals surface area contributed by atoms with E-state index in [0.717, 1.165) is 45.4 Å². The number of amides is 1. The molecule has 0 aromatic carbocycles. The van der Waals surface area contributed by atoms with Gasteiger partial charge in [0, 0.05) is 43.8 Å². The molecule has 2 atom stereocenters. The van der Waals surface area contributed by atoms with Crippen LogP contribution in [0.15, 0.2) is 24.4 Å². The van der Waals surface area contributed by atoms with Gasteiger partial charge < -0.3 is 14.4 Å². The molecule has 24 heavy (non-hydrogen) atoms. The number of nitrogens with zero attached hydrogens (tertiary/aromatic N) is 2. The lowest BCUT2D eigenvalue weighted by Crippen LogP contribution is -2.58. The Balaban J connectivity index is 1.45. The minimum atomic E-state index is -0.0900. The van der Waals surface area contributed by atoms with Crippen LogP contribution in [0.3, 0.4) is 0 Å². The van der Waals surface area contributed by atoms with Crippen LogP contribution < -0.4 is 4.74 Å². The fourth-order valence-electron chi connectivity index (χ4n) is 4.06. The molecular formula is C19H26N2O3. The first kappa shape index (κ1) is 15.9. The van der Waals surface area contributed by atoms with Gasteiger partial charge in [0.2, 0.25) is 11.8 Å². The summed E-state index contributed by atoms with van der Waals surface area (Å²) >= 11 is 0. The van der Waals surface area contributed by atoms with Crippen LogP contribution in [0, 0.1) is 11.3 Å². The number of hydrogen-bond donors (Lipinski definition) is 0. The average molecular weight is 330 g/mol. The molecule has 0 N–H and O–H groups in total. The van der Waals surface area contributed by atoms with E-state index in [-0.39, 0.29) is 11.5 Å². The maximum atomic E-state index is 12.6. The van der Waals surface area contributed by atoms with Crippen LogP contribution in [0.4, 0.5) is 0 Å². The number of aromatic nitrogens is 1. The minimum absolute atomic E-state index is 0.0900. The second-order valence-electron chi connectivity index (χ2n) is 7.53. The van der Waals surface area contributed by atoms with Crippen LogP contribution in [0.25, 0.3) is 0 Å². The number of likely N-dealkylation sites (tertiary alicyclic amines) is 1. The summed E-state index contributed by atoms with van der Waals surface area (Å²) in [5.74, 6) is 1.61. The summed E-state index contributed by atoms with van der Waals surface area (Å²) < 4.78 is 12.1. The van der Waals surface area contributed by atoms with E-state index in [4.69, 9.17) is 9.47 Å². The van der Waals surface area contributed by atoms with E-state index in [9.17, 15) is 4.79 Å². The second-order valence-corrected chi connectivity index (χ2v) is 7.53. The number of carbonyl (C=O) groups excluding carboxylic acids is 1. The van der Waals surface area contributed by atoms with Gasteiger partial charge in [-0.25, -0.2) is 4.98 Å². The quantitative estimate of drug-likeness (QED) is 0.833. The molecule has 0 bridgehead atoms. The van der Waals surface area contributed by atoms with Crippen molar-refractivity contribution in [1.82, 2.24) is 9.88 Å². The van der Waals surface area contributed by atoms with E-state index in [0.29, 0.717) is 24.3 Å². The van der Waals surface area contributed by atoms with Crippen LogP contribution in [-0.2, 0) is 9.53 Å². The van der Waals surface area contributed by atoms with Crippen LogP contribution >= 0.6 is 0 Å². The molecule has 5 heteroatoms. The van der Waals surface area contributed by atoms with Crippen LogP contribution in [-0.4, -0.2) is 48.2 Å². The summed E-state index contributed by atoms with van der Waals surface area (Å²) in [5.41, 5.74) is -0.0900. The zero-order valence-electron chi connectivity index (χ0n) is 14.2. The summed E-state index contributed by atoms with van der Waals surface area (Å²) in [6, 6.07) is 5.70. The highest BCUT2D eigenvalue weighted by atomic mass is 16.5. The average Bonchev–Trinajstić information content (AvgIpc) is 3.44. The summed E-state index contributed by atoms with van der Waals surface area (Å²) in [6.07, 6.45) is 8.11. The molecular weight excluding hydrogens is 304 g/mol. The number of ether oxygens (including phenoxy) is 2. The summed E-state index contributed by atoms with van der Waals surface area (Å²) in [4.78, 5) is 18.9. The molecule has 3 aliphatic rings. The molecule has 3 fully saturated rings. The molecule has 2 unspecified atom stereocenters. The molecule has 1 aromatic heterocycles. The van der Waals surface area contributed by atoms with Crippen molar-refractivity contribution in [2.24, 2.45) is 11.3 Å². The molecule has 1 amide bonds. The van der Waals surface area contributed by atoms with Crippen molar-refractivity contribution in [2.45, 2.75) is 44.6 Å². The first-order chi connectivity index (χ1) is 11.8. The molecule has 130 valence electrons. The van der Waals surface area contributed by atoms with E-state index in [1.807, 2.05) is 18.2 Å².